The molecule has 0 aliphatic carbocycles. The van der Waals surface area contributed by atoms with Crippen molar-refractivity contribution in [2.24, 2.45) is 0 Å². The van der Waals surface area contributed by atoms with Gasteiger partial charge in [0.15, 0.2) is 46.5 Å². The second-order valence-corrected chi connectivity index (χ2v) is 14.9. The van der Waals surface area contributed by atoms with Crippen LogP contribution in [0.2, 0.25) is 0 Å². The minimum Gasteiger partial charge on any atom is -0.308 e. The zero-order valence-corrected chi connectivity index (χ0v) is 32.0. The highest BCUT2D eigenvalue weighted by Gasteiger charge is 2.40. The van der Waals surface area contributed by atoms with E-state index < -0.39 is 115 Å². The van der Waals surface area contributed by atoms with Crippen molar-refractivity contribution in [2.45, 2.75) is 26.2 Å². The molecule has 0 N–H and O–H groups in total. The van der Waals surface area contributed by atoms with Gasteiger partial charge in [0.25, 0.3) is 0 Å². The van der Waals surface area contributed by atoms with Crippen LogP contribution in [0.25, 0.3) is 77.2 Å². The van der Waals surface area contributed by atoms with Gasteiger partial charge in [-0.05, 0) is 84.6 Å². The zero-order valence-electron chi connectivity index (χ0n) is 32.0. The standard InChI is InChI=1S/C46H20F16N2/c1-17-11-19(31-33(47)37(51)41(55)38(52)34(31)48)13-25(45(57,58)59)43(17)63-27-9-5-3-7-21(27)23-16-30-24(15-29(23)63)22-8-4-6-10-28(22)64(30)44-18(2)12-20(14-26(44)46(60,61)62)32-35(49)39(53)42(56)40(54)36(32)50/h3-16H,1-2H3. The summed E-state index contributed by atoms with van der Waals surface area (Å²) in [6, 6.07) is 16.6. The maximum atomic E-state index is 15.2. The van der Waals surface area contributed by atoms with Gasteiger partial charge in [-0.2, -0.15) is 26.3 Å². The smallest absolute Gasteiger partial charge is 0.308 e. The minimum atomic E-state index is -5.34. The number of benzene rings is 7. The van der Waals surface area contributed by atoms with Gasteiger partial charge in [-0.25, -0.2) is 43.9 Å². The average molecular weight is 905 g/mol. The van der Waals surface area contributed by atoms with Crippen molar-refractivity contribution < 1.29 is 70.2 Å². The number of rotatable bonds is 4. The fourth-order valence-corrected chi connectivity index (χ4v) is 8.50. The molecule has 2 nitrogen and oxygen atoms in total. The van der Waals surface area contributed by atoms with Crippen molar-refractivity contribution in [2.75, 3.05) is 0 Å². The minimum absolute atomic E-state index is 0.0172. The lowest BCUT2D eigenvalue weighted by Gasteiger charge is -2.21. The SMILES string of the molecule is Cc1cc(-c2c(F)c(F)c(F)c(F)c2F)cc(C(F)(F)F)c1-n1c2ccccc2c2cc3c(cc21)c1ccccc1n3-c1c(C)cc(-c2c(F)c(F)c(F)c(F)c2F)cc1C(F)(F)F. The molecule has 0 aliphatic rings. The summed E-state index contributed by atoms with van der Waals surface area (Å²) in [4.78, 5) is 0. The number of alkyl halides is 6. The van der Waals surface area contributed by atoms with Crippen molar-refractivity contribution >= 4 is 43.6 Å². The van der Waals surface area contributed by atoms with Crippen LogP contribution in [0.1, 0.15) is 22.3 Å². The quantitative estimate of drug-likeness (QED) is 0.0946. The number of aromatic nitrogens is 2. The third kappa shape index (κ3) is 6.04. The van der Waals surface area contributed by atoms with E-state index in [1.54, 1.807) is 0 Å². The Morgan fingerprint density at radius 3 is 0.953 bits per heavy atom. The summed E-state index contributed by atoms with van der Waals surface area (Å²) in [6.07, 6.45) is -10.7. The number of hydrogen-bond donors (Lipinski definition) is 0. The van der Waals surface area contributed by atoms with Gasteiger partial charge >= 0.3 is 12.4 Å². The highest BCUT2D eigenvalue weighted by Crippen LogP contribution is 2.48. The van der Waals surface area contributed by atoms with Crippen molar-refractivity contribution in [1.29, 1.82) is 0 Å². The number of hydrogen-bond acceptors (Lipinski definition) is 0. The Kier molecular flexibility index (Phi) is 9.44. The summed E-state index contributed by atoms with van der Waals surface area (Å²) in [6.45, 7) is 2.23. The van der Waals surface area contributed by atoms with Crippen LogP contribution >= 0.6 is 0 Å². The van der Waals surface area contributed by atoms with E-state index in [1.807, 2.05) is 0 Å². The fourth-order valence-electron chi connectivity index (χ4n) is 8.50. The molecule has 0 spiro atoms. The summed E-state index contributed by atoms with van der Waals surface area (Å²) < 4.78 is 238. The first kappa shape index (κ1) is 42.3. The third-order valence-corrected chi connectivity index (χ3v) is 11.1. The molecule has 326 valence electrons. The molecule has 0 aliphatic heterocycles. The van der Waals surface area contributed by atoms with Crippen LogP contribution in [-0.4, -0.2) is 9.13 Å². The van der Waals surface area contributed by atoms with Gasteiger partial charge in [0.05, 0.1) is 55.7 Å². The van der Waals surface area contributed by atoms with Crippen LogP contribution < -0.4 is 0 Å². The lowest BCUT2D eigenvalue weighted by atomic mass is 9.96. The summed E-state index contributed by atoms with van der Waals surface area (Å²) in [7, 11) is 0. The van der Waals surface area contributed by atoms with Crippen LogP contribution in [0.5, 0.6) is 0 Å². The zero-order chi connectivity index (χ0) is 46.2. The van der Waals surface area contributed by atoms with Crippen LogP contribution in [-0.2, 0) is 12.4 Å². The Balaban J connectivity index is 1.37. The molecule has 0 saturated carbocycles. The first-order valence-electron chi connectivity index (χ1n) is 18.5. The van der Waals surface area contributed by atoms with E-state index in [4.69, 9.17) is 0 Å². The topological polar surface area (TPSA) is 9.86 Å². The highest BCUT2D eigenvalue weighted by molar-refractivity contribution is 6.19. The predicted molar refractivity (Wildman–Crippen MR) is 205 cm³/mol. The van der Waals surface area contributed by atoms with Crippen LogP contribution in [0.15, 0.2) is 84.9 Å². The molecule has 0 saturated heterocycles. The van der Waals surface area contributed by atoms with E-state index in [9.17, 15) is 43.9 Å². The highest BCUT2D eigenvalue weighted by atomic mass is 19.4. The third-order valence-electron chi connectivity index (χ3n) is 11.1. The molecule has 9 aromatic rings. The molecule has 2 heterocycles. The molecule has 0 bridgehead atoms. The second kappa shape index (κ2) is 14.3. The van der Waals surface area contributed by atoms with Gasteiger partial charge < -0.3 is 9.13 Å². The largest absolute Gasteiger partial charge is 0.418 e. The molecular formula is C46H20F16N2. The Bertz CT molecular complexity index is 3210. The Labute approximate surface area is 347 Å². The first-order chi connectivity index (χ1) is 30.0. The molecule has 7 aromatic carbocycles. The summed E-state index contributed by atoms with van der Waals surface area (Å²) in [5.74, 6) is -24.1. The van der Waals surface area contributed by atoms with Crippen molar-refractivity contribution in [3.8, 4) is 33.6 Å². The lowest BCUT2D eigenvalue weighted by Crippen LogP contribution is -2.14. The maximum absolute atomic E-state index is 15.2. The van der Waals surface area contributed by atoms with Gasteiger partial charge in [0.1, 0.15) is 0 Å². The molecule has 0 amide bonds. The summed E-state index contributed by atoms with van der Waals surface area (Å²) in [5, 5.41) is 0.768. The summed E-state index contributed by atoms with van der Waals surface area (Å²) >= 11 is 0. The first-order valence-corrected chi connectivity index (χ1v) is 18.5. The van der Waals surface area contributed by atoms with Crippen molar-refractivity contribution in [3.05, 3.63) is 165 Å². The predicted octanol–water partition coefficient (Wildman–Crippen LogP) is 15.3. The van der Waals surface area contributed by atoms with E-state index in [0.717, 1.165) is 35.1 Å². The molecule has 9 rings (SSSR count). The lowest BCUT2D eigenvalue weighted by molar-refractivity contribution is -0.138. The van der Waals surface area contributed by atoms with Gasteiger partial charge in [-0.3, -0.25) is 0 Å². The Hall–Kier alpha value is -6.98. The van der Waals surface area contributed by atoms with Gasteiger partial charge in [0, 0.05) is 21.5 Å². The van der Waals surface area contributed by atoms with E-state index in [0.29, 0.717) is 0 Å². The van der Waals surface area contributed by atoms with Crippen LogP contribution in [0, 0.1) is 72.0 Å². The van der Waals surface area contributed by atoms with E-state index in [-0.39, 0.29) is 66.9 Å². The van der Waals surface area contributed by atoms with Gasteiger partial charge in [-0.15, -0.1) is 0 Å². The number of aryl methyl sites for hydroxylation is 2. The van der Waals surface area contributed by atoms with Gasteiger partial charge in [-0.1, -0.05) is 36.4 Å². The average Bonchev–Trinajstić information content (AvgIpc) is 3.73. The maximum Gasteiger partial charge on any atom is 0.418 e. The molecule has 64 heavy (non-hydrogen) atoms. The monoisotopic (exact) mass is 904 g/mol. The Morgan fingerprint density at radius 2 is 0.641 bits per heavy atom. The molecule has 0 radical (unpaired) electrons. The van der Waals surface area contributed by atoms with Crippen LogP contribution in [0.4, 0.5) is 70.2 Å². The molecule has 0 unspecified atom stereocenters. The molecule has 18 heteroatoms. The molecule has 0 atom stereocenters. The van der Waals surface area contributed by atoms with E-state index in [2.05, 4.69) is 0 Å². The van der Waals surface area contributed by atoms with Crippen LogP contribution in [0.3, 0.4) is 0 Å². The molecular weight excluding hydrogens is 884 g/mol. The van der Waals surface area contributed by atoms with E-state index in [1.165, 1.54) is 60.7 Å². The summed E-state index contributed by atoms with van der Waals surface area (Å²) in [5.41, 5.74) is -10.1. The van der Waals surface area contributed by atoms with Gasteiger partial charge in [0.2, 0.25) is 11.6 Å². The molecule has 2 aromatic heterocycles. The number of fused-ring (bicyclic) bond motifs is 6. The normalized spacial score (nSPS) is 12.5. The van der Waals surface area contributed by atoms with E-state index >= 15 is 26.3 Å². The molecule has 0 fully saturated rings. The fraction of sp³-hybridized carbons (Fsp3) is 0.0870. The van der Waals surface area contributed by atoms with Crippen molar-refractivity contribution in [3.63, 3.8) is 0 Å². The second-order valence-electron chi connectivity index (χ2n) is 14.9. The number of halogens is 16. The Morgan fingerprint density at radius 1 is 0.344 bits per heavy atom. The number of nitrogens with zero attached hydrogens (tertiary/aromatic N) is 2. The van der Waals surface area contributed by atoms with Crippen molar-refractivity contribution in [1.82, 2.24) is 9.13 Å². The number of para-hydroxylation sites is 2.